The molecule has 0 atom stereocenters. The summed E-state index contributed by atoms with van der Waals surface area (Å²) >= 11 is 1.52. The molecule has 0 fully saturated rings. The smallest absolute Gasteiger partial charge is 0.270 e. The van der Waals surface area contributed by atoms with Crippen LogP contribution >= 0.6 is 11.3 Å². The van der Waals surface area contributed by atoms with Gasteiger partial charge in [-0.05, 0) is 59.4 Å². The summed E-state index contributed by atoms with van der Waals surface area (Å²) in [5.41, 5.74) is 5.11. The number of thiazole rings is 1. The van der Waals surface area contributed by atoms with E-state index in [0.29, 0.717) is 31.1 Å². The lowest BCUT2D eigenvalue weighted by Gasteiger charge is -2.22. The van der Waals surface area contributed by atoms with Crippen molar-refractivity contribution < 1.29 is 19.0 Å². The van der Waals surface area contributed by atoms with Gasteiger partial charge in [0.15, 0.2) is 11.5 Å². The third-order valence-corrected chi connectivity index (χ3v) is 8.26. The number of carbonyl (C=O) groups is 1. The van der Waals surface area contributed by atoms with Crippen LogP contribution in [0.2, 0.25) is 0 Å². The lowest BCUT2D eigenvalue weighted by molar-refractivity contribution is 0.0949. The van der Waals surface area contributed by atoms with Crippen molar-refractivity contribution in [3.63, 3.8) is 0 Å². The summed E-state index contributed by atoms with van der Waals surface area (Å²) < 4.78 is 16.9. The standard InChI is InChI=1S/C37H39N3O4S/c1-42-34-18-15-29(23-35(34)43-2)20-22-40(24-30-13-16-32(17-14-30)44-26-31-11-7-4-8-12-31)25-36-39-33(27-45-36)37(41)38-21-19-28-9-5-3-6-10-28/h3-18,23,27H,19-22,24-26H2,1-2H3,(H,38,41). The summed E-state index contributed by atoms with van der Waals surface area (Å²) in [7, 11) is 3.29. The van der Waals surface area contributed by atoms with E-state index in [4.69, 9.17) is 19.2 Å². The molecule has 1 aromatic heterocycles. The zero-order valence-corrected chi connectivity index (χ0v) is 26.6. The molecule has 0 aliphatic rings. The van der Waals surface area contributed by atoms with Gasteiger partial charge in [-0.15, -0.1) is 11.3 Å². The first-order valence-electron chi connectivity index (χ1n) is 15.0. The fourth-order valence-electron chi connectivity index (χ4n) is 4.96. The average molecular weight is 622 g/mol. The first-order valence-corrected chi connectivity index (χ1v) is 15.9. The van der Waals surface area contributed by atoms with Crippen molar-refractivity contribution in [2.24, 2.45) is 0 Å². The second-order valence-corrected chi connectivity index (χ2v) is 11.6. The summed E-state index contributed by atoms with van der Waals surface area (Å²) in [5.74, 6) is 2.12. The van der Waals surface area contributed by atoms with Crippen LogP contribution in [0.1, 0.15) is 37.7 Å². The van der Waals surface area contributed by atoms with Crippen molar-refractivity contribution >= 4 is 17.2 Å². The third-order valence-electron chi connectivity index (χ3n) is 7.43. The van der Waals surface area contributed by atoms with E-state index in [1.807, 2.05) is 66.0 Å². The molecule has 45 heavy (non-hydrogen) atoms. The highest BCUT2D eigenvalue weighted by atomic mass is 32.1. The number of hydrogen-bond acceptors (Lipinski definition) is 7. The van der Waals surface area contributed by atoms with E-state index in [9.17, 15) is 4.79 Å². The van der Waals surface area contributed by atoms with Crippen molar-refractivity contribution in [2.75, 3.05) is 27.3 Å². The minimum atomic E-state index is -0.142. The summed E-state index contributed by atoms with van der Waals surface area (Å²) in [6.45, 7) is 3.24. The van der Waals surface area contributed by atoms with Crippen molar-refractivity contribution in [3.8, 4) is 17.2 Å². The molecular formula is C37H39N3O4S. The molecule has 5 aromatic rings. The number of benzene rings is 4. The van der Waals surface area contributed by atoms with Gasteiger partial charge in [-0.3, -0.25) is 9.69 Å². The van der Waals surface area contributed by atoms with Gasteiger partial charge in [-0.25, -0.2) is 4.98 Å². The SMILES string of the molecule is COc1ccc(CCN(Cc2ccc(OCc3ccccc3)cc2)Cc2nc(C(=O)NCCc3ccccc3)cs2)cc1OC. The Morgan fingerprint density at radius 1 is 0.756 bits per heavy atom. The van der Waals surface area contributed by atoms with Crippen LogP contribution in [-0.2, 0) is 32.5 Å². The number of nitrogens with one attached hydrogen (secondary N) is 1. The Labute approximate surface area is 269 Å². The Balaban J connectivity index is 1.22. The van der Waals surface area contributed by atoms with Crippen molar-refractivity contribution in [1.29, 1.82) is 0 Å². The molecule has 4 aromatic carbocycles. The van der Waals surface area contributed by atoms with Gasteiger partial charge in [0.2, 0.25) is 0 Å². The number of methoxy groups -OCH3 is 2. The van der Waals surface area contributed by atoms with E-state index >= 15 is 0 Å². The van der Waals surface area contributed by atoms with E-state index in [-0.39, 0.29) is 5.91 Å². The molecule has 0 spiro atoms. The molecule has 1 N–H and O–H groups in total. The summed E-state index contributed by atoms with van der Waals surface area (Å²) in [4.78, 5) is 19.9. The van der Waals surface area contributed by atoms with E-state index in [0.717, 1.165) is 53.6 Å². The molecule has 8 heteroatoms. The Hall–Kier alpha value is -4.66. The number of rotatable bonds is 16. The van der Waals surface area contributed by atoms with Crippen LogP contribution in [0.4, 0.5) is 0 Å². The molecule has 0 saturated heterocycles. The molecule has 0 bridgehead atoms. The fraction of sp³-hybridized carbons (Fsp3) is 0.243. The molecule has 0 unspecified atom stereocenters. The Morgan fingerprint density at radius 2 is 1.44 bits per heavy atom. The van der Waals surface area contributed by atoms with Crippen molar-refractivity contribution in [1.82, 2.24) is 15.2 Å². The molecule has 1 amide bonds. The number of nitrogens with zero attached hydrogens (tertiary/aromatic N) is 2. The monoisotopic (exact) mass is 621 g/mol. The number of amides is 1. The summed E-state index contributed by atoms with van der Waals surface area (Å²) in [5, 5.41) is 5.75. The highest BCUT2D eigenvalue weighted by Crippen LogP contribution is 2.28. The second kappa shape index (κ2) is 16.4. The van der Waals surface area contributed by atoms with Gasteiger partial charge in [0.1, 0.15) is 23.1 Å². The maximum absolute atomic E-state index is 12.8. The van der Waals surface area contributed by atoms with E-state index in [1.54, 1.807) is 14.2 Å². The van der Waals surface area contributed by atoms with Gasteiger partial charge in [0, 0.05) is 25.0 Å². The lowest BCUT2D eigenvalue weighted by Crippen LogP contribution is -2.27. The number of aromatic nitrogens is 1. The van der Waals surface area contributed by atoms with Gasteiger partial charge >= 0.3 is 0 Å². The first kappa shape index (κ1) is 31.8. The zero-order chi connectivity index (χ0) is 31.3. The maximum Gasteiger partial charge on any atom is 0.270 e. The molecule has 7 nitrogen and oxygen atoms in total. The molecule has 0 saturated carbocycles. The van der Waals surface area contributed by atoms with Gasteiger partial charge in [0.05, 0.1) is 20.8 Å². The highest BCUT2D eigenvalue weighted by molar-refractivity contribution is 7.09. The quantitative estimate of drug-likeness (QED) is 0.129. The molecule has 0 aliphatic carbocycles. The Bertz CT molecular complexity index is 1630. The first-order chi connectivity index (χ1) is 22.1. The largest absolute Gasteiger partial charge is 0.493 e. The normalized spacial score (nSPS) is 10.9. The summed E-state index contributed by atoms with van der Waals surface area (Å²) in [6, 6.07) is 34.6. The highest BCUT2D eigenvalue weighted by Gasteiger charge is 2.15. The Kier molecular flexibility index (Phi) is 11.6. The van der Waals surface area contributed by atoms with E-state index in [2.05, 4.69) is 52.7 Å². The summed E-state index contributed by atoms with van der Waals surface area (Å²) in [6.07, 6.45) is 1.60. The fourth-order valence-corrected chi connectivity index (χ4v) is 5.78. The molecule has 1 heterocycles. The predicted molar refractivity (Wildman–Crippen MR) is 179 cm³/mol. The topological polar surface area (TPSA) is 72.9 Å². The third kappa shape index (κ3) is 9.66. The van der Waals surface area contributed by atoms with Crippen LogP contribution in [0, 0.1) is 0 Å². The van der Waals surface area contributed by atoms with Crippen molar-refractivity contribution in [3.05, 3.63) is 141 Å². The zero-order valence-electron chi connectivity index (χ0n) is 25.8. The molecule has 5 rings (SSSR count). The van der Waals surface area contributed by atoms with Crippen LogP contribution in [0.5, 0.6) is 17.2 Å². The van der Waals surface area contributed by atoms with E-state index < -0.39 is 0 Å². The molecule has 0 radical (unpaired) electrons. The van der Waals surface area contributed by atoms with Gasteiger partial charge in [-0.1, -0.05) is 78.9 Å². The maximum atomic E-state index is 12.8. The Morgan fingerprint density at radius 3 is 2.16 bits per heavy atom. The van der Waals surface area contributed by atoms with Crippen LogP contribution in [0.25, 0.3) is 0 Å². The molecule has 0 aliphatic heterocycles. The van der Waals surface area contributed by atoms with E-state index in [1.165, 1.54) is 22.5 Å². The van der Waals surface area contributed by atoms with Gasteiger partial charge in [0.25, 0.3) is 5.91 Å². The number of hydrogen-bond donors (Lipinski definition) is 1. The minimum absolute atomic E-state index is 0.142. The van der Waals surface area contributed by atoms with Crippen LogP contribution < -0.4 is 19.5 Å². The second-order valence-electron chi connectivity index (χ2n) is 10.7. The predicted octanol–water partition coefficient (Wildman–Crippen LogP) is 6.96. The molecule has 232 valence electrons. The number of carbonyl (C=O) groups excluding carboxylic acids is 1. The van der Waals surface area contributed by atoms with Crippen LogP contribution in [-0.4, -0.2) is 43.1 Å². The number of ether oxygens (including phenoxy) is 3. The van der Waals surface area contributed by atoms with Gasteiger partial charge in [-0.2, -0.15) is 0 Å². The van der Waals surface area contributed by atoms with Crippen molar-refractivity contribution in [2.45, 2.75) is 32.5 Å². The minimum Gasteiger partial charge on any atom is -0.493 e. The van der Waals surface area contributed by atoms with Crippen LogP contribution in [0.15, 0.2) is 109 Å². The molecular weight excluding hydrogens is 582 g/mol. The lowest BCUT2D eigenvalue weighted by atomic mass is 10.1. The average Bonchev–Trinajstić information content (AvgIpc) is 3.56. The van der Waals surface area contributed by atoms with Crippen LogP contribution in [0.3, 0.4) is 0 Å². The van der Waals surface area contributed by atoms with Gasteiger partial charge < -0.3 is 19.5 Å².